The first kappa shape index (κ1) is 20.5. The summed E-state index contributed by atoms with van der Waals surface area (Å²) in [6, 6.07) is 27.5. The van der Waals surface area contributed by atoms with E-state index in [9.17, 15) is 20.2 Å². The van der Waals surface area contributed by atoms with Crippen molar-refractivity contribution < 1.29 is 9.85 Å². The summed E-state index contributed by atoms with van der Waals surface area (Å²) >= 11 is 0. The third kappa shape index (κ3) is 4.10. The van der Waals surface area contributed by atoms with Gasteiger partial charge in [-0.25, -0.2) is 0 Å². The molecule has 0 heterocycles. The third-order valence-electron chi connectivity index (χ3n) is 5.00. The van der Waals surface area contributed by atoms with E-state index in [1.807, 2.05) is 53.4 Å². The van der Waals surface area contributed by atoms with Gasteiger partial charge in [-0.15, -0.1) is 0 Å². The van der Waals surface area contributed by atoms with E-state index in [4.69, 9.17) is 5.73 Å². The molecule has 0 radical (unpaired) electrons. The molecule has 0 aliphatic heterocycles. The van der Waals surface area contributed by atoms with Crippen LogP contribution in [0.25, 0.3) is 11.1 Å². The number of rotatable bonds is 6. The maximum Gasteiger partial charge on any atom is 0.269 e. The zero-order chi connectivity index (χ0) is 22.7. The summed E-state index contributed by atoms with van der Waals surface area (Å²) in [5, 5.41) is 22.2. The van der Waals surface area contributed by atoms with Crippen molar-refractivity contribution >= 4 is 34.1 Å². The smallest absolute Gasteiger partial charge is 0.269 e. The van der Waals surface area contributed by atoms with Crippen LogP contribution in [0.1, 0.15) is 0 Å². The van der Waals surface area contributed by atoms with E-state index in [1.54, 1.807) is 24.3 Å². The molecule has 0 aliphatic carbocycles. The van der Waals surface area contributed by atoms with Crippen molar-refractivity contribution in [3.63, 3.8) is 0 Å². The molecule has 2 N–H and O–H groups in total. The minimum Gasteiger partial charge on any atom is -0.399 e. The number of nitrogen functional groups attached to an aromatic ring is 1. The molecule has 8 heteroatoms. The van der Waals surface area contributed by atoms with Gasteiger partial charge in [0.05, 0.1) is 15.5 Å². The minimum atomic E-state index is -0.456. The van der Waals surface area contributed by atoms with Gasteiger partial charge in [-0.1, -0.05) is 30.3 Å². The van der Waals surface area contributed by atoms with E-state index in [0.717, 1.165) is 16.8 Å². The third-order valence-corrected chi connectivity index (χ3v) is 5.00. The molecule has 0 saturated heterocycles. The molecule has 0 aromatic heterocycles. The number of anilines is 4. The van der Waals surface area contributed by atoms with Crippen LogP contribution in [-0.4, -0.2) is 9.85 Å². The Bertz CT molecular complexity index is 1210. The number of nitro groups is 2. The van der Waals surface area contributed by atoms with E-state index in [2.05, 4.69) is 0 Å². The normalized spacial score (nSPS) is 10.5. The summed E-state index contributed by atoms with van der Waals surface area (Å²) in [7, 11) is 0. The fraction of sp³-hybridized carbons (Fsp3) is 0. The summed E-state index contributed by atoms with van der Waals surface area (Å²) < 4.78 is 0. The van der Waals surface area contributed by atoms with Crippen LogP contribution < -0.4 is 10.6 Å². The van der Waals surface area contributed by atoms with Crippen molar-refractivity contribution in [3.8, 4) is 11.1 Å². The Labute approximate surface area is 183 Å². The second-order valence-electron chi connectivity index (χ2n) is 7.02. The van der Waals surface area contributed by atoms with Gasteiger partial charge < -0.3 is 10.6 Å². The topological polar surface area (TPSA) is 116 Å². The summed E-state index contributed by atoms with van der Waals surface area (Å²) in [6.07, 6.45) is 0. The van der Waals surface area contributed by atoms with Gasteiger partial charge >= 0.3 is 0 Å². The highest BCUT2D eigenvalue weighted by atomic mass is 16.6. The highest BCUT2D eigenvalue weighted by Gasteiger charge is 2.19. The molecular weight excluding hydrogens is 408 g/mol. The van der Waals surface area contributed by atoms with E-state index >= 15 is 0 Å². The number of nitrogens with zero attached hydrogens (tertiary/aromatic N) is 3. The molecule has 4 aromatic carbocycles. The predicted octanol–water partition coefficient (Wildman–Crippen LogP) is 6.22. The van der Waals surface area contributed by atoms with Crippen LogP contribution in [0.3, 0.4) is 0 Å². The number of para-hydroxylation sites is 1. The number of nitrogens with two attached hydrogens (primary N) is 1. The van der Waals surface area contributed by atoms with Crippen LogP contribution >= 0.6 is 0 Å². The number of hydrogen-bond acceptors (Lipinski definition) is 6. The zero-order valence-electron chi connectivity index (χ0n) is 16.8. The Hall–Kier alpha value is -4.72. The SMILES string of the molecule is Nc1ccc(-c2ccccc2N(c2ccc([N+](=O)[O-])cc2)c2ccc([N+](=O)[O-])cc2)cc1. The monoisotopic (exact) mass is 426 g/mol. The maximum atomic E-state index is 11.1. The molecule has 158 valence electrons. The van der Waals surface area contributed by atoms with E-state index in [1.165, 1.54) is 24.3 Å². The molecule has 32 heavy (non-hydrogen) atoms. The van der Waals surface area contributed by atoms with Gasteiger partial charge in [-0.2, -0.15) is 0 Å². The molecule has 0 aliphatic rings. The van der Waals surface area contributed by atoms with Gasteiger partial charge in [0, 0.05) is 46.9 Å². The Kier molecular flexibility index (Phi) is 5.50. The van der Waals surface area contributed by atoms with E-state index in [-0.39, 0.29) is 11.4 Å². The Morgan fingerprint density at radius 3 is 1.56 bits per heavy atom. The van der Waals surface area contributed by atoms with Crippen LogP contribution in [0.2, 0.25) is 0 Å². The molecule has 4 rings (SSSR count). The van der Waals surface area contributed by atoms with Gasteiger partial charge in [0.1, 0.15) is 0 Å². The summed E-state index contributed by atoms with van der Waals surface area (Å²) in [4.78, 5) is 23.2. The predicted molar refractivity (Wildman–Crippen MR) is 124 cm³/mol. The lowest BCUT2D eigenvalue weighted by molar-refractivity contribution is -0.385. The van der Waals surface area contributed by atoms with Crippen LogP contribution in [0, 0.1) is 20.2 Å². The van der Waals surface area contributed by atoms with E-state index in [0.29, 0.717) is 17.1 Å². The molecule has 4 aromatic rings. The number of benzene rings is 4. The van der Waals surface area contributed by atoms with E-state index < -0.39 is 9.85 Å². The molecule has 8 nitrogen and oxygen atoms in total. The van der Waals surface area contributed by atoms with Crippen LogP contribution in [-0.2, 0) is 0 Å². The Balaban J connectivity index is 1.89. The fourth-order valence-corrected chi connectivity index (χ4v) is 3.45. The first-order valence-corrected chi connectivity index (χ1v) is 9.68. The second-order valence-corrected chi connectivity index (χ2v) is 7.02. The van der Waals surface area contributed by atoms with Crippen LogP contribution in [0.4, 0.5) is 34.1 Å². The largest absolute Gasteiger partial charge is 0.399 e. The number of non-ortho nitro benzene ring substituents is 2. The van der Waals surface area contributed by atoms with Gasteiger partial charge in [-0.3, -0.25) is 20.2 Å². The molecule has 0 spiro atoms. The molecule has 0 fully saturated rings. The van der Waals surface area contributed by atoms with Crippen molar-refractivity contribution in [3.05, 3.63) is 117 Å². The summed E-state index contributed by atoms with van der Waals surface area (Å²) in [5.41, 5.74) is 10.4. The fourth-order valence-electron chi connectivity index (χ4n) is 3.45. The summed E-state index contributed by atoms with van der Waals surface area (Å²) in [6.45, 7) is 0. The van der Waals surface area contributed by atoms with Gasteiger partial charge in [0.15, 0.2) is 0 Å². The van der Waals surface area contributed by atoms with Crippen LogP contribution in [0.5, 0.6) is 0 Å². The molecular formula is C24H18N4O4. The van der Waals surface area contributed by atoms with Crippen molar-refractivity contribution in [2.24, 2.45) is 0 Å². The van der Waals surface area contributed by atoms with Crippen molar-refractivity contribution in [1.29, 1.82) is 0 Å². The molecule has 0 atom stereocenters. The average Bonchev–Trinajstić information content (AvgIpc) is 2.81. The molecule has 0 amide bonds. The quantitative estimate of drug-likeness (QED) is 0.222. The van der Waals surface area contributed by atoms with Gasteiger partial charge in [-0.05, 0) is 48.0 Å². The first-order chi connectivity index (χ1) is 15.4. The first-order valence-electron chi connectivity index (χ1n) is 9.68. The van der Waals surface area contributed by atoms with Crippen LogP contribution in [0.15, 0.2) is 97.1 Å². The maximum absolute atomic E-state index is 11.1. The lowest BCUT2D eigenvalue weighted by atomic mass is 10.0. The second kappa shape index (κ2) is 8.57. The zero-order valence-corrected chi connectivity index (χ0v) is 16.8. The highest BCUT2D eigenvalue weighted by Crippen LogP contribution is 2.41. The standard InChI is InChI=1S/C24H18N4O4/c25-18-7-5-17(6-8-18)23-3-1-2-4-24(23)26(19-9-13-21(14-10-19)27(29)30)20-11-15-22(16-12-20)28(31)32/h1-16H,25H2. The molecule has 0 unspecified atom stereocenters. The van der Waals surface area contributed by atoms with Crippen molar-refractivity contribution in [2.45, 2.75) is 0 Å². The average molecular weight is 426 g/mol. The Morgan fingerprint density at radius 1 is 0.625 bits per heavy atom. The molecule has 0 bridgehead atoms. The molecule has 0 saturated carbocycles. The number of nitro benzene ring substituents is 2. The highest BCUT2D eigenvalue weighted by molar-refractivity contribution is 5.88. The lowest BCUT2D eigenvalue weighted by Gasteiger charge is -2.27. The summed E-state index contributed by atoms with van der Waals surface area (Å²) in [5.74, 6) is 0. The minimum absolute atomic E-state index is 0.0239. The number of hydrogen-bond donors (Lipinski definition) is 1. The van der Waals surface area contributed by atoms with Crippen molar-refractivity contribution in [1.82, 2.24) is 0 Å². The Morgan fingerprint density at radius 2 is 1.09 bits per heavy atom. The lowest BCUT2D eigenvalue weighted by Crippen LogP contribution is -2.11. The van der Waals surface area contributed by atoms with Gasteiger partial charge in [0.2, 0.25) is 0 Å². The van der Waals surface area contributed by atoms with Gasteiger partial charge in [0.25, 0.3) is 11.4 Å². The van der Waals surface area contributed by atoms with Crippen molar-refractivity contribution in [2.75, 3.05) is 10.6 Å².